The predicted molar refractivity (Wildman–Crippen MR) is 156 cm³/mol. The molecule has 1 saturated carbocycles. The molecule has 40 heavy (non-hydrogen) atoms. The molecule has 1 heterocycles. The summed E-state index contributed by atoms with van der Waals surface area (Å²) in [6.45, 7) is 4.12. The molecule has 0 amide bonds. The summed E-state index contributed by atoms with van der Waals surface area (Å²) in [5, 5.41) is 6.07. The zero-order chi connectivity index (χ0) is 28.2. The average Bonchev–Trinajstić information content (AvgIpc) is 3.63. The molecule has 5 rings (SSSR count). The molecule has 206 valence electrons. The minimum absolute atomic E-state index is 0.0259. The van der Waals surface area contributed by atoms with Crippen LogP contribution in [0.3, 0.4) is 0 Å². The van der Waals surface area contributed by atoms with Crippen molar-refractivity contribution in [2.24, 2.45) is 17.5 Å². The van der Waals surface area contributed by atoms with Crippen LogP contribution in [0.4, 0.5) is 0 Å². The van der Waals surface area contributed by atoms with Gasteiger partial charge >= 0.3 is 5.97 Å². The zero-order valence-corrected chi connectivity index (χ0v) is 23.0. The smallest absolute Gasteiger partial charge is 0.341 e. The molecule has 4 aromatic rings. The molecule has 0 bridgehead atoms. The highest BCUT2D eigenvalue weighted by Crippen LogP contribution is 2.52. The lowest BCUT2D eigenvalue weighted by Gasteiger charge is -2.16. The van der Waals surface area contributed by atoms with Gasteiger partial charge in [0.15, 0.2) is 0 Å². The lowest BCUT2D eigenvalue weighted by molar-refractivity contribution is 0.0525. The molecule has 0 aliphatic heterocycles. The highest BCUT2D eigenvalue weighted by atomic mass is 16.5. The number of rotatable bonds is 10. The number of ether oxygens (including phenoxy) is 2. The van der Waals surface area contributed by atoms with Crippen molar-refractivity contribution in [3.05, 3.63) is 114 Å². The number of esters is 1. The molecule has 0 saturated heterocycles. The number of nitrogens with zero attached hydrogens (tertiary/aromatic N) is 3. The Bertz CT molecular complexity index is 1510. The van der Waals surface area contributed by atoms with E-state index in [0.717, 1.165) is 40.2 Å². The van der Waals surface area contributed by atoms with Crippen molar-refractivity contribution in [1.29, 1.82) is 0 Å². The van der Waals surface area contributed by atoms with Gasteiger partial charge in [-0.1, -0.05) is 54.6 Å². The van der Waals surface area contributed by atoms with Gasteiger partial charge in [-0.25, -0.2) is 15.3 Å². The maximum atomic E-state index is 12.8. The summed E-state index contributed by atoms with van der Waals surface area (Å²) in [4.78, 5) is 12.8. The third kappa shape index (κ3) is 5.87. The van der Waals surface area contributed by atoms with E-state index in [4.69, 9.17) is 21.1 Å². The third-order valence-electron chi connectivity index (χ3n) is 7.06. The largest absolute Gasteiger partial charge is 0.486 e. The number of hydrogen-bond acceptors (Lipinski definition) is 7. The summed E-state index contributed by atoms with van der Waals surface area (Å²) in [6.07, 6.45) is 4.02. The van der Waals surface area contributed by atoms with Crippen LogP contribution in [0.1, 0.15) is 53.9 Å². The Morgan fingerprint density at radius 2 is 1.82 bits per heavy atom. The molecule has 0 radical (unpaired) electrons. The van der Waals surface area contributed by atoms with Gasteiger partial charge in [0, 0.05) is 30.8 Å². The van der Waals surface area contributed by atoms with Crippen LogP contribution in [0.25, 0.3) is 16.8 Å². The van der Waals surface area contributed by atoms with Crippen LogP contribution >= 0.6 is 0 Å². The van der Waals surface area contributed by atoms with E-state index in [2.05, 4.69) is 35.4 Å². The fraction of sp³-hybridized carbons (Fsp3) is 0.250. The van der Waals surface area contributed by atoms with Gasteiger partial charge in [0.2, 0.25) is 0 Å². The number of carbonyl (C=O) groups excluding carboxylic acids is 1. The van der Waals surface area contributed by atoms with E-state index in [-0.39, 0.29) is 30.5 Å². The van der Waals surface area contributed by atoms with Gasteiger partial charge in [0.1, 0.15) is 17.4 Å². The summed E-state index contributed by atoms with van der Waals surface area (Å²) in [7, 11) is 1.73. The van der Waals surface area contributed by atoms with E-state index >= 15 is 0 Å². The molecule has 1 aliphatic carbocycles. The molecule has 1 aliphatic rings. The highest BCUT2D eigenvalue weighted by Gasteiger charge is 2.45. The minimum atomic E-state index is -0.388. The van der Waals surface area contributed by atoms with E-state index in [1.807, 2.05) is 60.1 Å². The molecule has 0 spiro atoms. The van der Waals surface area contributed by atoms with Gasteiger partial charge < -0.3 is 20.2 Å². The molecular formula is C32H35N5O3. The number of hydrazine groups is 1. The van der Waals surface area contributed by atoms with Crippen molar-refractivity contribution in [2.45, 2.75) is 32.3 Å². The predicted octanol–water partition coefficient (Wildman–Crippen LogP) is 5.57. The van der Waals surface area contributed by atoms with Crippen molar-refractivity contribution in [3.63, 3.8) is 0 Å². The van der Waals surface area contributed by atoms with E-state index in [0.29, 0.717) is 11.3 Å². The number of nitrogens with two attached hydrogens (primary N) is 2. The average molecular weight is 538 g/mol. The second-order valence-electron chi connectivity index (χ2n) is 10.1. The Morgan fingerprint density at radius 3 is 2.55 bits per heavy atom. The van der Waals surface area contributed by atoms with E-state index in [1.165, 1.54) is 5.01 Å². The van der Waals surface area contributed by atoms with E-state index in [1.54, 1.807) is 26.4 Å². The summed E-state index contributed by atoms with van der Waals surface area (Å²) in [5.74, 6) is 6.27. The second kappa shape index (κ2) is 11.7. The summed E-state index contributed by atoms with van der Waals surface area (Å²) in [5.41, 5.74) is 12.2. The fourth-order valence-corrected chi connectivity index (χ4v) is 5.05. The minimum Gasteiger partial charge on any atom is -0.486 e. The van der Waals surface area contributed by atoms with Gasteiger partial charge in [-0.15, -0.1) is 0 Å². The third-order valence-corrected chi connectivity index (χ3v) is 7.06. The van der Waals surface area contributed by atoms with Crippen LogP contribution in [-0.4, -0.2) is 34.4 Å². The first kappa shape index (κ1) is 27.0. The molecule has 1 fully saturated rings. The van der Waals surface area contributed by atoms with Gasteiger partial charge in [-0.3, -0.25) is 0 Å². The highest BCUT2D eigenvalue weighted by molar-refractivity contribution is 5.91. The molecule has 8 heteroatoms. The van der Waals surface area contributed by atoms with Gasteiger partial charge in [-0.2, -0.15) is 5.10 Å². The fourth-order valence-electron chi connectivity index (χ4n) is 5.05. The Kier molecular flexibility index (Phi) is 7.89. The molecule has 1 aromatic heterocycles. The number of hydrogen-bond donors (Lipinski definition) is 2. The molecule has 3 atom stereocenters. The SMILES string of the molecule is CCOC(=O)c1cnn(-c2cccc(-c3cccc(OC(C)c4ccccc4)c3)c2)c1C1CC1/C(N)=C/N(C)N. The van der Waals surface area contributed by atoms with Crippen LogP contribution in [0.15, 0.2) is 97.0 Å². The molecular weight excluding hydrogens is 502 g/mol. The first-order valence-corrected chi connectivity index (χ1v) is 13.5. The topological polar surface area (TPSA) is 109 Å². The molecule has 3 aromatic carbocycles. The Hall–Kier alpha value is -4.56. The Labute approximate surface area is 234 Å². The summed E-state index contributed by atoms with van der Waals surface area (Å²) < 4.78 is 13.4. The molecule has 4 N–H and O–H groups in total. The van der Waals surface area contributed by atoms with E-state index in [9.17, 15) is 4.79 Å². The summed E-state index contributed by atoms with van der Waals surface area (Å²) in [6, 6.07) is 26.3. The van der Waals surface area contributed by atoms with Gasteiger partial charge in [-0.05, 0) is 61.2 Å². The van der Waals surface area contributed by atoms with Crippen molar-refractivity contribution < 1.29 is 14.3 Å². The first-order valence-electron chi connectivity index (χ1n) is 13.5. The maximum absolute atomic E-state index is 12.8. The van der Waals surface area contributed by atoms with Crippen LogP contribution in [0, 0.1) is 5.92 Å². The van der Waals surface area contributed by atoms with Gasteiger partial charge in [0.25, 0.3) is 0 Å². The molecule has 3 unspecified atom stereocenters. The van der Waals surface area contributed by atoms with E-state index < -0.39 is 0 Å². The molecule has 8 nitrogen and oxygen atoms in total. The Balaban J connectivity index is 1.46. The normalized spacial score (nSPS) is 17.2. The zero-order valence-electron chi connectivity index (χ0n) is 23.0. The standard InChI is InChI=1S/C32H35N5O3/c1-4-39-32(38)29-19-35-37(31(29)28-18-27(28)30(33)20-36(3)34)25-14-8-12-23(16-25)24-13-9-15-26(17-24)40-21(2)22-10-6-5-7-11-22/h5-17,19-21,27-28H,4,18,33-34H2,1-3H3/b30-20-. The monoisotopic (exact) mass is 537 g/mol. The lowest BCUT2D eigenvalue weighted by Crippen LogP contribution is -2.21. The van der Waals surface area contributed by atoms with Crippen LogP contribution in [0.5, 0.6) is 5.75 Å². The number of carbonyl (C=O) groups is 1. The van der Waals surface area contributed by atoms with Crippen LogP contribution < -0.4 is 16.3 Å². The maximum Gasteiger partial charge on any atom is 0.341 e. The number of allylic oxidation sites excluding steroid dienone is 1. The van der Waals surface area contributed by atoms with Crippen molar-refractivity contribution in [1.82, 2.24) is 14.8 Å². The van der Waals surface area contributed by atoms with Crippen molar-refractivity contribution >= 4 is 5.97 Å². The Morgan fingerprint density at radius 1 is 1.10 bits per heavy atom. The summed E-state index contributed by atoms with van der Waals surface area (Å²) >= 11 is 0. The number of benzene rings is 3. The number of aromatic nitrogens is 2. The first-order chi connectivity index (χ1) is 19.4. The lowest BCUT2D eigenvalue weighted by atomic mass is 10.0. The van der Waals surface area contributed by atoms with Gasteiger partial charge in [0.05, 0.1) is 24.2 Å². The van der Waals surface area contributed by atoms with Crippen LogP contribution in [0.2, 0.25) is 0 Å². The quantitative estimate of drug-likeness (QED) is 0.155. The second-order valence-corrected chi connectivity index (χ2v) is 10.1. The van der Waals surface area contributed by atoms with Crippen LogP contribution in [-0.2, 0) is 4.74 Å². The van der Waals surface area contributed by atoms with Crippen molar-refractivity contribution in [2.75, 3.05) is 13.7 Å². The van der Waals surface area contributed by atoms with Crippen molar-refractivity contribution in [3.8, 4) is 22.6 Å².